The molecule has 0 aliphatic carbocycles. The molecule has 2 nitrogen and oxygen atoms in total. The molecule has 0 bridgehead atoms. The highest BCUT2D eigenvalue weighted by Gasteiger charge is 2.18. The molecule has 0 aliphatic heterocycles. The third-order valence-corrected chi connectivity index (χ3v) is 3.18. The first-order chi connectivity index (χ1) is 8.43. The summed E-state index contributed by atoms with van der Waals surface area (Å²) >= 11 is 0. The molecule has 1 aromatic carbocycles. The number of nitrogens with zero attached hydrogens (tertiary/aromatic N) is 1. The van der Waals surface area contributed by atoms with Crippen molar-refractivity contribution in [3.05, 3.63) is 35.5 Å². The van der Waals surface area contributed by atoms with Gasteiger partial charge in [-0.25, -0.2) is 0 Å². The maximum absolute atomic E-state index is 4.85. The first-order valence-electron chi connectivity index (χ1n) is 6.58. The molecule has 0 spiro atoms. The van der Waals surface area contributed by atoms with E-state index in [0.29, 0.717) is 0 Å². The van der Waals surface area contributed by atoms with Crippen molar-refractivity contribution in [2.45, 2.75) is 40.0 Å². The van der Waals surface area contributed by atoms with Gasteiger partial charge in [0, 0.05) is 28.7 Å². The summed E-state index contributed by atoms with van der Waals surface area (Å²) in [6, 6.07) is 8.54. The van der Waals surface area contributed by atoms with Crippen LogP contribution < -0.4 is 5.32 Å². The van der Waals surface area contributed by atoms with E-state index in [1.165, 1.54) is 16.6 Å². The first kappa shape index (κ1) is 12.9. The van der Waals surface area contributed by atoms with Gasteiger partial charge in [0.2, 0.25) is 0 Å². The van der Waals surface area contributed by atoms with Gasteiger partial charge in [0.25, 0.3) is 0 Å². The molecule has 0 atom stereocenters. The molecule has 1 heterocycles. The second-order valence-electron chi connectivity index (χ2n) is 5.81. The average Bonchev–Trinajstić information content (AvgIpc) is 2.29. The highest BCUT2D eigenvalue weighted by Crippen LogP contribution is 2.30. The number of hydrogen-bond donors (Lipinski definition) is 1. The number of fused-ring (bicyclic) bond motifs is 1. The second kappa shape index (κ2) is 4.60. The topological polar surface area (TPSA) is 24.9 Å². The van der Waals surface area contributed by atoms with Crippen LogP contribution in [0.4, 0.5) is 5.69 Å². The van der Waals surface area contributed by atoms with Crippen LogP contribution in [0, 0.1) is 6.92 Å². The molecule has 0 amide bonds. The van der Waals surface area contributed by atoms with Crippen molar-refractivity contribution in [1.82, 2.24) is 4.98 Å². The van der Waals surface area contributed by atoms with Crippen LogP contribution in [0.25, 0.3) is 10.9 Å². The lowest BCUT2D eigenvalue weighted by molar-refractivity contribution is 0.571. The summed E-state index contributed by atoms with van der Waals surface area (Å²) < 4.78 is 0. The number of nitrogens with one attached hydrogen (secondary N) is 1. The molecule has 18 heavy (non-hydrogen) atoms. The number of rotatable bonds is 2. The quantitative estimate of drug-likeness (QED) is 0.850. The summed E-state index contributed by atoms with van der Waals surface area (Å²) in [6.07, 6.45) is 0. The largest absolute Gasteiger partial charge is 0.385 e. The Morgan fingerprint density at radius 1 is 1.22 bits per heavy atom. The number of pyridine rings is 1. The van der Waals surface area contributed by atoms with Gasteiger partial charge in [-0.2, -0.15) is 0 Å². The van der Waals surface area contributed by atoms with Gasteiger partial charge in [-0.3, -0.25) is 4.98 Å². The Balaban J connectivity index is 2.75. The van der Waals surface area contributed by atoms with Gasteiger partial charge in [0.05, 0.1) is 5.52 Å². The third kappa shape index (κ3) is 2.33. The lowest BCUT2D eigenvalue weighted by Crippen LogP contribution is -2.14. The van der Waals surface area contributed by atoms with Crippen LogP contribution in [-0.2, 0) is 5.41 Å². The summed E-state index contributed by atoms with van der Waals surface area (Å²) in [4.78, 5) is 4.85. The van der Waals surface area contributed by atoms with Crippen LogP contribution in [0.1, 0.15) is 39.0 Å². The Labute approximate surface area is 109 Å². The van der Waals surface area contributed by atoms with Crippen molar-refractivity contribution in [3.63, 3.8) is 0 Å². The van der Waals surface area contributed by atoms with Gasteiger partial charge in [0.15, 0.2) is 0 Å². The molecule has 2 aromatic rings. The van der Waals surface area contributed by atoms with Crippen LogP contribution in [0.15, 0.2) is 24.3 Å². The number of para-hydroxylation sites is 1. The standard InChI is InChI=1S/C16H22N2/c1-6-17-13-10-14(16(3,4)5)18-15-11(2)8-7-9-12(13)15/h7-10H,6H2,1-5H3,(H,17,18). The number of aromatic nitrogens is 1. The summed E-state index contributed by atoms with van der Waals surface area (Å²) in [5.41, 5.74) is 4.75. The van der Waals surface area contributed by atoms with Gasteiger partial charge in [-0.05, 0) is 25.5 Å². The van der Waals surface area contributed by atoms with Crippen LogP contribution in [0.3, 0.4) is 0 Å². The number of anilines is 1. The van der Waals surface area contributed by atoms with E-state index in [0.717, 1.165) is 17.8 Å². The smallest absolute Gasteiger partial charge is 0.0755 e. The van der Waals surface area contributed by atoms with Crippen molar-refractivity contribution in [3.8, 4) is 0 Å². The zero-order valence-corrected chi connectivity index (χ0v) is 12.0. The van der Waals surface area contributed by atoms with Crippen molar-refractivity contribution in [2.24, 2.45) is 0 Å². The molecule has 0 radical (unpaired) electrons. The van der Waals surface area contributed by atoms with Crippen LogP contribution >= 0.6 is 0 Å². The van der Waals surface area contributed by atoms with Gasteiger partial charge >= 0.3 is 0 Å². The third-order valence-electron chi connectivity index (χ3n) is 3.18. The molecule has 0 saturated carbocycles. The van der Waals surface area contributed by atoms with E-state index in [1.807, 2.05) is 0 Å². The van der Waals surface area contributed by atoms with E-state index in [1.54, 1.807) is 0 Å². The highest BCUT2D eigenvalue weighted by atomic mass is 14.9. The van der Waals surface area contributed by atoms with Crippen LogP contribution in [-0.4, -0.2) is 11.5 Å². The molecule has 0 fully saturated rings. The average molecular weight is 242 g/mol. The molecule has 0 saturated heterocycles. The Morgan fingerprint density at radius 2 is 1.94 bits per heavy atom. The van der Waals surface area contributed by atoms with Gasteiger partial charge in [-0.15, -0.1) is 0 Å². The van der Waals surface area contributed by atoms with E-state index >= 15 is 0 Å². The van der Waals surface area contributed by atoms with Crippen LogP contribution in [0.2, 0.25) is 0 Å². The SMILES string of the molecule is CCNc1cc(C(C)(C)C)nc2c(C)cccc12. The number of hydrogen-bond acceptors (Lipinski definition) is 2. The molecular weight excluding hydrogens is 220 g/mol. The molecule has 2 rings (SSSR count). The van der Waals surface area contributed by atoms with E-state index in [2.05, 4.69) is 64.2 Å². The molecule has 0 aliphatic rings. The first-order valence-corrected chi connectivity index (χ1v) is 6.58. The molecule has 1 N–H and O–H groups in total. The zero-order chi connectivity index (χ0) is 13.3. The molecular formula is C16H22N2. The fourth-order valence-electron chi connectivity index (χ4n) is 2.11. The van der Waals surface area contributed by atoms with Gasteiger partial charge < -0.3 is 5.32 Å². The lowest BCUT2D eigenvalue weighted by Gasteiger charge is -2.21. The minimum Gasteiger partial charge on any atom is -0.385 e. The van der Waals surface area contributed by atoms with E-state index in [-0.39, 0.29) is 5.41 Å². The summed E-state index contributed by atoms with van der Waals surface area (Å²) in [5.74, 6) is 0. The van der Waals surface area contributed by atoms with E-state index < -0.39 is 0 Å². The Hall–Kier alpha value is -1.57. The normalized spacial score (nSPS) is 11.8. The minimum atomic E-state index is 0.0701. The fourth-order valence-corrected chi connectivity index (χ4v) is 2.11. The van der Waals surface area contributed by atoms with Gasteiger partial charge in [0.1, 0.15) is 0 Å². The van der Waals surface area contributed by atoms with Crippen molar-refractivity contribution in [2.75, 3.05) is 11.9 Å². The monoisotopic (exact) mass is 242 g/mol. The minimum absolute atomic E-state index is 0.0701. The van der Waals surface area contributed by atoms with E-state index in [9.17, 15) is 0 Å². The Kier molecular flexibility index (Phi) is 3.29. The summed E-state index contributed by atoms with van der Waals surface area (Å²) in [5, 5.41) is 4.66. The maximum Gasteiger partial charge on any atom is 0.0755 e. The zero-order valence-electron chi connectivity index (χ0n) is 12.0. The van der Waals surface area contributed by atoms with Crippen molar-refractivity contribution < 1.29 is 0 Å². The molecule has 0 unspecified atom stereocenters. The lowest BCUT2D eigenvalue weighted by atomic mass is 9.90. The second-order valence-corrected chi connectivity index (χ2v) is 5.81. The molecule has 1 aromatic heterocycles. The fraction of sp³-hybridized carbons (Fsp3) is 0.438. The van der Waals surface area contributed by atoms with Crippen LogP contribution in [0.5, 0.6) is 0 Å². The van der Waals surface area contributed by atoms with Crippen molar-refractivity contribution >= 4 is 16.6 Å². The number of benzene rings is 1. The predicted molar refractivity (Wildman–Crippen MR) is 79.3 cm³/mol. The van der Waals surface area contributed by atoms with Gasteiger partial charge in [-0.1, -0.05) is 39.0 Å². The number of aryl methyl sites for hydroxylation is 1. The Bertz CT molecular complexity index is 565. The predicted octanol–water partition coefficient (Wildman–Crippen LogP) is 4.27. The summed E-state index contributed by atoms with van der Waals surface area (Å²) in [7, 11) is 0. The highest BCUT2D eigenvalue weighted by molar-refractivity contribution is 5.93. The molecule has 2 heteroatoms. The van der Waals surface area contributed by atoms with E-state index in [4.69, 9.17) is 4.98 Å². The Morgan fingerprint density at radius 3 is 2.56 bits per heavy atom. The maximum atomic E-state index is 4.85. The van der Waals surface area contributed by atoms with Crippen molar-refractivity contribution in [1.29, 1.82) is 0 Å². The molecule has 96 valence electrons. The summed E-state index contributed by atoms with van der Waals surface area (Å²) in [6.45, 7) is 11.8.